The maximum atomic E-state index is 13.5. The molecule has 0 unspecified atom stereocenters. The van der Waals surface area contributed by atoms with Crippen molar-refractivity contribution in [3.63, 3.8) is 0 Å². The minimum Gasteiger partial charge on any atom is -0.349 e. The Labute approximate surface area is 199 Å². The molecule has 0 bridgehead atoms. The monoisotopic (exact) mass is 519 g/mol. The molecule has 5 aromatic rings. The fraction of sp³-hybridized carbons (Fsp3) is 0. The van der Waals surface area contributed by atoms with Crippen molar-refractivity contribution in [3.05, 3.63) is 88.3 Å². The predicted octanol–water partition coefficient (Wildman–Crippen LogP) is 4.75. The topological polar surface area (TPSA) is 128 Å². The van der Waals surface area contributed by atoms with E-state index in [0.717, 1.165) is 15.9 Å². The van der Waals surface area contributed by atoms with Crippen molar-refractivity contribution < 1.29 is 14.0 Å². The summed E-state index contributed by atoms with van der Waals surface area (Å²) >= 11 is 3.40. The first-order valence-electron chi connectivity index (χ1n) is 10.0. The fourth-order valence-electron chi connectivity index (χ4n) is 3.48. The van der Waals surface area contributed by atoms with Gasteiger partial charge < -0.3 is 15.6 Å². The third kappa shape index (κ3) is 4.28. The third-order valence-electron chi connectivity index (χ3n) is 5.05. The van der Waals surface area contributed by atoms with E-state index in [2.05, 4.69) is 52.2 Å². The number of rotatable bonds is 5. The smallest absolute Gasteiger partial charge is 0.272 e. The molecule has 0 saturated heterocycles. The normalized spacial score (nSPS) is 10.9. The molecule has 0 saturated carbocycles. The molecule has 2 heterocycles. The summed E-state index contributed by atoms with van der Waals surface area (Å²) in [5, 5.41) is 20.3. The number of fused-ring (bicyclic) bond motifs is 1. The summed E-state index contributed by atoms with van der Waals surface area (Å²) in [7, 11) is 0. The van der Waals surface area contributed by atoms with Crippen LogP contribution in [0.1, 0.15) is 20.8 Å². The first-order valence-corrected chi connectivity index (χ1v) is 10.8. The maximum absolute atomic E-state index is 13.5. The Hall–Kier alpha value is -4.38. The molecule has 0 atom stereocenters. The van der Waals surface area contributed by atoms with Crippen molar-refractivity contribution in [3.8, 4) is 11.4 Å². The average Bonchev–Trinajstić information content (AvgIpc) is 3.51. The van der Waals surface area contributed by atoms with Gasteiger partial charge >= 0.3 is 0 Å². The summed E-state index contributed by atoms with van der Waals surface area (Å²) in [5.74, 6) is -1.04. The van der Waals surface area contributed by atoms with Crippen LogP contribution >= 0.6 is 15.9 Å². The molecule has 0 aliphatic rings. The van der Waals surface area contributed by atoms with Gasteiger partial charge in [0.05, 0.1) is 16.9 Å². The standard InChI is InChI=1S/C23H15BrFN7O2/c24-14-7-8-17(16(11-14)21-29-31-32-30-21)27-23(34)19-10-12-3-2-6-18(20(12)26-19)28-22(33)13-4-1-5-15(25)9-13/h1-11,26H,(H,27,34)(H,28,33)(H,29,30,31,32). The van der Waals surface area contributed by atoms with Crippen LogP contribution in [0.25, 0.3) is 22.3 Å². The summed E-state index contributed by atoms with van der Waals surface area (Å²) in [5.41, 5.74) is 2.56. The summed E-state index contributed by atoms with van der Waals surface area (Å²) in [6, 6.07) is 17.6. The number of para-hydroxylation sites is 1. The highest BCUT2D eigenvalue weighted by atomic mass is 79.9. The highest BCUT2D eigenvalue weighted by Crippen LogP contribution is 2.29. The van der Waals surface area contributed by atoms with Crippen molar-refractivity contribution in [1.82, 2.24) is 25.6 Å². The second kappa shape index (κ2) is 8.87. The van der Waals surface area contributed by atoms with Gasteiger partial charge in [-0.25, -0.2) is 4.39 Å². The second-order valence-corrected chi connectivity index (χ2v) is 8.21. The summed E-state index contributed by atoms with van der Waals surface area (Å²) < 4.78 is 14.3. The van der Waals surface area contributed by atoms with Gasteiger partial charge in [-0.15, -0.1) is 10.2 Å². The van der Waals surface area contributed by atoms with Crippen LogP contribution in [0.4, 0.5) is 15.8 Å². The van der Waals surface area contributed by atoms with E-state index in [-0.39, 0.29) is 11.3 Å². The van der Waals surface area contributed by atoms with Crippen molar-refractivity contribution in [1.29, 1.82) is 0 Å². The molecule has 0 aliphatic carbocycles. The van der Waals surface area contributed by atoms with Gasteiger partial charge in [0, 0.05) is 21.0 Å². The van der Waals surface area contributed by atoms with Gasteiger partial charge in [0.1, 0.15) is 11.5 Å². The zero-order valence-electron chi connectivity index (χ0n) is 17.3. The van der Waals surface area contributed by atoms with Crippen LogP contribution in [0.3, 0.4) is 0 Å². The number of nitrogens with zero attached hydrogens (tertiary/aromatic N) is 3. The number of amides is 2. The fourth-order valence-corrected chi connectivity index (χ4v) is 3.84. The molecule has 0 radical (unpaired) electrons. The molecule has 168 valence electrons. The van der Waals surface area contributed by atoms with E-state index in [9.17, 15) is 14.0 Å². The van der Waals surface area contributed by atoms with E-state index >= 15 is 0 Å². The first kappa shape index (κ1) is 21.5. The summed E-state index contributed by atoms with van der Waals surface area (Å²) in [6.45, 7) is 0. The molecular weight excluding hydrogens is 505 g/mol. The Bertz CT molecular complexity index is 1530. The lowest BCUT2D eigenvalue weighted by molar-refractivity contribution is 0.101. The molecule has 3 aromatic carbocycles. The van der Waals surface area contributed by atoms with Crippen molar-refractivity contribution in [2.24, 2.45) is 0 Å². The largest absolute Gasteiger partial charge is 0.349 e. The average molecular weight is 520 g/mol. The van der Waals surface area contributed by atoms with E-state index in [0.29, 0.717) is 28.3 Å². The highest BCUT2D eigenvalue weighted by Gasteiger charge is 2.17. The van der Waals surface area contributed by atoms with Gasteiger partial charge in [-0.3, -0.25) is 9.59 Å². The van der Waals surface area contributed by atoms with Gasteiger partial charge in [-0.05, 0) is 53.7 Å². The number of nitrogens with one attached hydrogen (secondary N) is 4. The van der Waals surface area contributed by atoms with Gasteiger partial charge in [-0.2, -0.15) is 5.21 Å². The van der Waals surface area contributed by atoms with E-state index < -0.39 is 17.6 Å². The molecule has 4 N–H and O–H groups in total. The molecule has 0 aliphatic heterocycles. The van der Waals surface area contributed by atoms with Crippen LogP contribution in [0, 0.1) is 5.82 Å². The Morgan fingerprint density at radius 3 is 2.53 bits per heavy atom. The van der Waals surface area contributed by atoms with Crippen LogP contribution in [-0.4, -0.2) is 37.4 Å². The second-order valence-electron chi connectivity index (χ2n) is 7.30. The number of H-pyrrole nitrogens is 2. The minimum atomic E-state index is -0.502. The number of tetrazole rings is 1. The number of anilines is 2. The Morgan fingerprint density at radius 2 is 1.74 bits per heavy atom. The van der Waals surface area contributed by atoms with Crippen LogP contribution < -0.4 is 10.6 Å². The minimum absolute atomic E-state index is 0.186. The van der Waals surface area contributed by atoms with E-state index in [4.69, 9.17) is 0 Å². The van der Waals surface area contributed by atoms with Gasteiger partial charge in [0.2, 0.25) is 5.82 Å². The molecule has 2 aromatic heterocycles. The summed E-state index contributed by atoms with van der Waals surface area (Å²) in [4.78, 5) is 28.7. The van der Waals surface area contributed by atoms with Gasteiger partial charge in [0.25, 0.3) is 11.8 Å². The molecule has 0 fully saturated rings. The number of hydrogen-bond donors (Lipinski definition) is 4. The number of benzene rings is 3. The number of hydrogen-bond acceptors (Lipinski definition) is 5. The Kier molecular flexibility index (Phi) is 5.60. The van der Waals surface area contributed by atoms with Crippen molar-refractivity contribution >= 4 is 50.0 Å². The van der Waals surface area contributed by atoms with Crippen LogP contribution in [0.5, 0.6) is 0 Å². The lowest BCUT2D eigenvalue weighted by atomic mass is 10.1. The van der Waals surface area contributed by atoms with Crippen LogP contribution in [0.15, 0.2) is 71.2 Å². The zero-order chi connectivity index (χ0) is 23.7. The van der Waals surface area contributed by atoms with Gasteiger partial charge in [0.15, 0.2) is 0 Å². The number of aromatic nitrogens is 5. The lowest BCUT2D eigenvalue weighted by Gasteiger charge is -2.09. The van der Waals surface area contributed by atoms with Gasteiger partial charge in [-0.1, -0.05) is 34.1 Å². The highest BCUT2D eigenvalue weighted by molar-refractivity contribution is 9.10. The molecular formula is C23H15BrFN7O2. The SMILES string of the molecule is O=C(Nc1cccc2cc(C(=O)Nc3ccc(Br)cc3-c3nn[nH]n3)[nH]c12)c1cccc(F)c1. The third-order valence-corrected chi connectivity index (χ3v) is 5.55. The van der Waals surface area contributed by atoms with E-state index in [1.165, 1.54) is 18.2 Å². The molecule has 0 spiro atoms. The molecule has 9 nitrogen and oxygen atoms in total. The number of carbonyl (C=O) groups excluding carboxylic acids is 2. The number of carbonyl (C=O) groups is 2. The van der Waals surface area contributed by atoms with E-state index in [1.54, 1.807) is 36.4 Å². The van der Waals surface area contributed by atoms with Crippen LogP contribution in [0.2, 0.25) is 0 Å². The van der Waals surface area contributed by atoms with Crippen LogP contribution in [-0.2, 0) is 0 Å². The molecule has 34 heavy (non-hydrogen) atoms. The summed E-state index contributed by atoms with van der Waals surface area (Å²) in [6.07, 6.45) is 0. The molecule has 11 heteroatoms. The molecule has 5 rings (SSSR count). The van der Waals surface area contributed by atoms with Crippen molar-refractivity contribution in [2.75, 3.05) is 10.6 Å². The van der Waals surface area contributed by atoms with Crippen molar-refractivity contribution in [2.45, 2.75) is 0 Å². The maximum Gasteiger partial charge on any atom is 0.272 e. The Morgan fingerprint density at radius 1 is 0.912 bits per heavy atom. The first-order chi connectivity index (χ1) is 16.5. The number of halogens is 2. The predicted molar refractivity (Wildman–Crippen MR) is 128 cm³/mol. The lowest BCUT2D eigenvalue weighted by Crippen LogP contribution is -2.14. The quantitative estimate of drug-likeness (QED) is 0.266. The number of aromatic amines is 2. The molecule has 2 amide bonds. The Balaban J connectivity index is 1.42. The zero-order valence-corrected chi connectivity index (χ0v) is 18.9. The van der Waals surface area contributed by atoms with E-state index in [1.807, 2.05) is 6.07 Å².